The van der Waals surface area contributed by atoms with Gasteiger partial charge in [0.1, 0.15) is 12.4 Å². The minimum absolute atomic E-state index is 0.0983. The molecule has 1 aliphatic rings. The lowest BCUT2D eigenvalue weighted by molar-refractivity contribution is 0.0930. The van der Waals surface area contributed by atoms with Gasteiger partial charge < -0.3 is 24.9 Å². The van der Waals surface area contributed by atoms with Crippen LogP contribution in [0.25, 0.3) is 0 Å². The Balaban J connectivity index is 1.44. The summed E-state index contributed by atoms with van der Waals surface area (Å²) in [7, 11) is 0. The summed E-state index contributed by atoms with van der Waals surface area (Å²) >= 11 is 0. The average molecular weight is 330 g/mol. The summed E-state index contributed by atoms with van der Waals surface area (Å²) in [6.07, 6.45) is 3.54. The van der Waals surface area contributed by atoms with Crippen molar-refractivity contribution in [2.24, 2.45) is 5.41 Å². The monoisotopic (exact) mass is 330 g/mol. The molecule has 2 amide bonds. The maximum absolute atomic E-state index is 11.9. The van der Waals surface area contributed by atoms with E-state index in [2.05, 4.69) is 10.6 Å². The lowest BCUT2D eigenvalue weighted by Crippen LogP contribution is -2.35. The number of urea groups is 1. The number of carbonyl (C=O) groups is 1. The standard InChI is InChI=1S/C18H22N2O4/c21-13-18(6-7-18)12-19-17(22)20-15-4-1-3-14(9-15)10-23-11-16-5-2-8-24-16/h1-5,8-9,21H,6-7,10-13H2,(H2,19,20,22). The fourth-order valence-corrected chi connectivity index (χ4v) is 2.41. The van der Waals surface area contributed by atoms with E-state index in [-0.39, 0.29) is 18.1 Å². The number of aliphatic hydroxyl groups excluding tert-OH is 1. The molecule has 1 aromatic heterocycles. The number of furan rings is 1. The maximum Gasteiger partial charge on any atom is 0.319 e. The second kappa shape index (κ2) is 7.51. The van der Waals surface area contributed by atoms with Crippen LogP contribution in [0.2, 0.25) is 0 Å². The zero-order chi connectivity index (χ0) is 16.8. The molecule has 0 atom stereocenters. The lowest BCUT2D eigenvalue weighted by Gasteiger charge is -2.13. The minimum Gasteiger partial charge on any atom is -0.467 e. The molecule has 0 unspecified atom stereocenters. The summed E-state index contributed by atoms with van der Waals surface area (Å²) in [5.41, 5.74) is 1.58. The van der Waals surface area contributed by atoms with E-state index in [9.17, 15) is 9.90 Å². The third-order valence-corrected chi connectivity index (χ3v) is 4.19. The molecule has 0 radical (unpaired) electrons. The predicted octanol–water partition coefficient (Wildman–Crippen LogP) is 2.89. The number of ether oxygens (including phenoxy) is 1. The number of benzene rings is 1. The van der Waals surface area contributed by atoms with Crippen LogP contribution in [0, 0.1) is 5.41 Å². The number of rotatable bonds is 8. The molecule has 3 rings (SSSR count). The molecule has 0 spiro atoms. The van der Waals surface area contributed by atoms with Gasteiger partial charge in [0.2, 0.25) is 0 Å². The Morgan fingerprint density at radius 3 is 2.83 bits per heavy atom. The lowest BCUT2D eigenvalue weighted by atomic mass is 10.1. The Hall–Kier alpha value is -2.31. The van der Waals surface area contributed by atoms with Crippen molar-refractivity contribution < 1.29 is 19.1 Å². The molecule has 1 saturated carbocycles. The van der Waals surface area contributed by atoms with E-state index in [4.69, 9.17) is 9.15 Å². The molecule has 6 heteroatoms. The molecule has 128 valence electrons. The SMILES string of the molecule is O=C(NCC1(CO)CC1)Nc1cccc(COCc2ccco2)c1. The van der Waals surface area contributed by atoms with Crippen LogP contribution in [-0.4, -0.2) is 24.3 Å². The number of amides is 2. The molecular weight excluding hydrogens is 308 g/mol. The highest BCUT2D eigenvalue weighted by molar-refractivity contribution is 5.89. The zero-order valence-corrected chi connectivity index (χ0v) is 13.5. The first-order chi connectivity index (χ1) is 11.7. The summed E-state index contributed by atoms with van der Waals surface area (Å²) in [6.45, 7) is 1.47. The van der Waals surface area contributed by atoms with Crippen molar-refractivity contribution in [3.8, 4) is 0 Å². The van der Waals surface area contributed by atoms with Gasteiger partial charge in [-0.3, -0.25) is 0 Å². The number of anilines is 1. The Labute approximate surface area is 140 Å². The number of nitrogens with one attached hydrogen (secondary N) is 2. The summed E-state index contributed by atoms with van der Waals surface area (Å²) in [5.74, 6) is 0.779. The van der Waals surface area contributed by atoms with Gasteiger partial charge in [0.05, 0.1) is 19.5 Å². The minimum atomic E-state index is -0.261. The molecule has 0 bridgehead atoms. The molecule has 1 aliphatic carbocycles. The first-order valence-corrected chi connectivity index (χ1v) is 8.04. The Bertz CT molecular complexity index is 665. The van der Waals surface area contributed by atoms with Crippen LogP contribution < -0.4 is 10.6 Å². The van der Waals surface area contributed by atoms with Crippen LogP contribution in [0.15, 0.2) is 47.1 Å². The van der Waals surface area contributed by atoms with Crippen molar-refractivity contribution in [2.75, 3.05) is 18.5 Å². The topological polar surface area (TPSA) is 83.7 Å². The van der Waals surface area contributed by atoms with Crippen LogP contribution in [0.5, 0.6) is 0 Å². The van der Waals surface area contributed by atoms with Crippen LogP contribution in [0.1, 0.15) is 24.2 Å². The first kappa shape index (κ1) is 16.5. The third kappa shape index (κ3) is 4.59. The molecular formula is C18H22N2O4. The van der Waals surface area contributed by atoms with E-state index in [1.54, 1.807) is 6.26 Å². The second-order valence-corrected chi connectivity index (χ2v) is 6.24. The van der Waals surface area contributed by atoms with E-state index in [0.717, 1.165) is 24.2 Å². The van der Waals surface area contributed by atoms with Crippen LogP contribution in [-0.2, 0) is 18.0 Å². The summed E-state index contributed by atoms with van der Waals surface area (Å²) in [6, 6.07) is 10.9. The highest BCUT2D eigenvalue weighted by Gasteiger charge is 2.42. The van der Waals surface area contributed by atoms with Crippen molar-refractivity contribution in [2.45, 2.75) is 26.1 Å². The quantitative estimate of drug-likeness (QED) is 0.695. The molecule has 2 aromatic rings. The summed E-state index contributed by atoms with van der Waals surface area (Å²) in [5, 5.41) is 14.9. The van der Waals surface area contributed by atoms with Crippen molar-refractivity contribution >= 4 is 11.7 Å². The smallest absolute Gasteiger partial charge is 0.319 e. The predicted molar refractivity (Wildman–Crippen MR) is 89.4 cm³/mol. The van der Waals surface area contributed by atoms with E-state index in [1.165, 1.54) is 0 Å². The van der Waals surface area contributed by atoms with Crippen LogP contribution in [0.4, 0.5) is 10.5 Å². The van der Waals surface area contributed by atoms with Crippen molar-refractivity contribution in [1.82, 2.24) is 5.32 Å². The average Bonchev–Trinajstić information content (AvgIpc) is 3.19. The number of hydrogen-bond acceptors (Lipinski definition) is 4. The van der Waals surface area contributed by atoms with Gasteiger partial charge in [-0.1, -0.05) is 12.1 Å². The van der Waals surface area contributed by atoms with Crippen LogP contribution >= 0.6 is 0 Å². The van der Waals surface area contributed by atoms with Crippen molar-refractivity contribution in [1.29, 1.82) is 0 Å². The molecule has 1 aromatic carbocycles. The van der Waals surface area contributed by atoms with Crippen molar-refractivity contribution in [3.05, 3.63) is 54.0 Å². The fourth-order valence-electron chi connectivity index (χ4n) is 2.41. The number of hydrogen-bond donors (Lipinski definition) is 3. The van der Waals surface area contributed by atoms with E-state index in [1.807, 2.05) is 36.4 Å². The van der Waals surface area contributed by atoms with Crippen LogP contribution in [0.3, 0.4) is 0 Å². The van der Waals surface area contributed by atoms with Gasteiger partial charge in [-0.15, -0.1) is 0 Å². The van der Waals surface area contributed by atoms with E-state index < -0.39 is 0 Å². The molecule has 1 heterocycles. The summed E-state index contributed by atoms with van der Waals surface area (Å²) in [4.78, 5) is 11.9. The van der Waals surface area contributed by atoms with E-state index in [0.29, 0.717) is 25.4 Å². The van der Waals surface area contributed by atoms with Gasteiger partial charge >= 0.3 is 6.03 Å². The Morgan fingerprint density at radius 2 is 2.12 bits per heavy atom. The van der Waals surface area contributed by atoms with Gasteiger partial charge in [0.15, 0.2) is 0 Å². The molecule has 1 fully saturated rings. The number of aliphatic hydroxyl groups is 1. The second-order valence-electron chi connectivity index (χ2n) is 6.24. The molecule has 6 nitrogen and oxygen atoms in total. The number of carbonyl (C=O) groups excluding carboxylic acids is 1. The zero-order valence-electron chi connectivity index (χ0n) is 13.5. The molecule has 0 aliphatic heterocycles. The molecule has 24 heavy (non-hydrogen) atoms. The highest BCUT2D eigenvalue weighted by Crippen LogP contribution is 2.44. The molecule has 3 N–H and O–H groups in total. The van der Waals surface area contributed by atoms with Gasteiger partial charge in [-0.05, 0) is 42.7 Å². The summed E-state index contributed by atoms with van der Waals surface area (Å²) < 4.78 is 10.8. The highest BCUT2D eigenvalue weighted by atomic mass is 16.5. The molecule has 0 saturated heterocycles. The fraction of sp³-hybridized carbons (Fsp3) is 0.389. The van der Waals surface area contributed by atoms with Gasteiger partial charge in [0.25, 0.3) is 0 Å². The Kier molecular flexibility index (Phi) is 5.17. The van der Waals surface area contributed by atoms with Gasteiger partial charge in [-0.25, -0.2) is 4.79 Å². The van der Waals surface area contributed by atoms with Gasteiger partial charge in [0, 0.05) is 17.6 Å². The largest absolute Gasteiger partial charge is 0.467 e. The van der Waals surface area contributed by atoms with Gasteiger partial charge in [-0.2, -0.15) is 0 Å². The van der Waals surface area contributed by atoms with E-state index >= 15 is 0 Å². The Morgan fingerprint density at radius 1 is 1.25 bits per heavy atom. The maximum atomic E-state index is 11.9. The third-order valence-electron chi connectivity index (χ3n) is 4.19. The normalized spacial score (nSPS) is 15.0. The van der Waals surface area contributed by atoms with Crippen molar-refractivity contribution in [3.63, 3.8) is 0 Å². The first-order valence-electron chi connectivity index (χ1n) is 8.04.